The van der Waals surface area contributed by atoms with E-state index in [1.54, 1.807) is 0 Å². The van der Waals surface area contributed by atoms with Crippen LogP contribution >= 0.6 is 0 Å². The zero-order chi connectivity index (χ0) is 18.4. The number of rotatable bonds is 7. The highest BCUT2D eigenvalue weighted by molar-refractivity contribution is 5.92. The van der Waals surface area contributed by atoms with Gasteiger partial charge < -0.3 is 10.2 Å². The van der Waals surface area contributed by atoms with Crippen molar-refractivity contribution in [3.63, 3.8) is 0 Å². The van der Waals surface area contributed by atoms with E-state index in [1.165, 1.54) is 29.7 Å². The maximum absolute atomic E-state index is 12.3. The summed E-state index contributed by atoms with van der Waals surface area (Å²) in [5.74, 6) is 0.0200. The molecular weight excluding hydrogens is 322 g/mol. The number of nitrogens with zero attached hydrogens (tertiary/aromatic N) is 2. The third kappa shape index (κ3) is 5.09. The number of hydrogen-bond acceptors (Lipinski definition) is 3. The molecule has 2 aromatic rings. The van der Waals surface area contributed by atoms with Gasteiger partial charge in [-0.3, -0.25) is 9.69 Å². The number of anilines is 2. The van der Waals surface area contributed by atoms with E-state index in [-0.39, 0.29) is 5.91 Å². The minimum Gasteiger partial charge on any atom is -0.372 e. The third-order valence-electron chi connectivity index (χ3n) is 4.92. The van der Waals surface area contributed by atoms with Gasteiger partial charge in [0.25, 0.3) is 0 Å². The molecule has 2 aromatic carbocycles. The summed E-state index contributed by atoms with van der Waals surface area (Å²) in [5.41, 5.74) is 4.67. The summed E-state index contributed by atoms with van der Waals surface area (Å²) in [7, 11) is 1.98. The second kappa shape index (κ2) is 8.86. The Morgan fingerprint density at radius 2 is 1.62 bits per heavy atom. The molecule has 1 saturated heterocycles. The van der Waals surface area contributed by atoms with Crippen LogP contribution in [0.2, 0.25) is 0 Å². The zero-order valence-electron chi connectivity index (χ0n) is 15.9. The highest BCUT2D eigenvalue weighted by Gasteiger charge is 2.12. The lowest BCUT2D eigenvalue weighted by Crippen LogP contribution is -2.29. The van der Waals surface area contributed by atoms with Crippen molar-refractivity contribution in [2.45, 2.75) is 32.7 Å². The summed E-state index contributed by atoms with van der Waals surface area (Å²) in [6, 6.07) is 16.8. The van der Waals surface area contributed by atoms with E-state index in [0.717, 1.165) is 31.7 Å². The third-order valence-corrected chi connectivity index (χ3v) is 4.92. The van der Waals surface area contributed by atoms with Gasteiger partial charge in [-0.2, -0.15) is 0 Å². The molecule has 138 valence electrons. The van der Waals surface area contributed by atoms with Gasteiger partial charge in [-0.1, -0.05) is 31.2 Å². The SMILES string of the molecule is CCc1ccc(CN(C)CC(=O)Nc2ccc(N3CCCC3)cc2)cc1. The minimum absolute atomic E-state index is 0.0200. The first kappa shape index (κ1) is 18.5. The van der Waals surface area contributed by atoms with Gasteiger partial charge >= 0.3 is 0 Å². The van der Waals surface area contributed by atoms with Crippen LogP contribution in [0, 0.1) is 0 Å². The van der Waals surface area contributed by atoms with Crippen LogP contribution in [-0.2, 0) is 17.8 Å². The lowest BCUT2D eigenvalue weighted by Gasteiger charge is -2.19. The summed E-state index contributed by atoms with van der Waals surface area (Å²) in [5, 5.41) is 3.00. The molecular formula is C22H29N3O. The van der Waals surface area contributed by atoms with E-state index >= 15 is 0 Å². The lowest BCUT2D eigenvalue weighted by molar-refractivity contribution is -0.117. The largest absolute Gasteiger partial charge is 0.372 e. The fourth-order valence-electron chi connectivity index (χ4n) is 3.42. The van der Waals surface area contributed by atoms with Gasteiger partial charge in [-0.05, 0) is 61.7 Å². The zero-order valence-corrected chi connectivity index (χ0v) is 15.9. The molecule has 1 amide bonds. The predicted octanol–water partition coefficient (Wildman–Crippen LogP) is 3.92. The van der Waals surface area contributed by atoms with Crippen molar-refractivity contribution in [3.05, 3.63) is 59.7 Å². The summed E-state index contributed by atoms with van der Waals surface area (Å²) < 4.78 is 0. The molecule has 1 aliphatic rings. The Labute approximate surface area is 156 Å². The second-order valence-corrected chi connectivity index (χ2v) is 7.13. The van der Waals surface area contributed by atoms with E-state index in [2.05, 4.69) is 53.5 Å². The van der Waals surface area contributed by atoms with E-state index in [4.69, 9.17) is 0 Å². The first-order valence-corrected chi connectivity index (χ1v) is 9.55. The normalized spacial score (nSPS) is 14.0. The van der Waals surface area contributed by atoms with Crippen LogP contribution in [0.4, 0.5) is 11.4 Å². The first-order valence-electron chi connectivity index (χ1n) is 9.55. The van der Waals surface area contributed by atoms with Crippen LogP contribution in [0.25, 0.3) is 0 Å². The van der Waals surface area contributed by atoms with Gasteiger partial charge in [0, 0.05) is 31.0 Å². The summed E-state index contributed by atoms with van der Waals surface area (Å²) in [6.45, 7) is 5.57. The number of carbonyl (C=O) groups is 1. The van der Waals surface area contributed by atoms with E-state index < -0.39 is 0 Å². The highest BCUT2D eigenvalue weighted by Crippen LogP contribution is 2.22. The average molecular weight is 351 g/mol. The highest BCUT2D eigenvalue weighted by atomic mass is 16.2. The van der Waals surface area contributed by atoms with Crippen LogP contribution < -0.4 is 10.2 Å². The Hall–Kier alpha value is -2.33. The molecule has 1 fully saturated rings. The van der Waals surface area contributed by atoms with Crippen molar-refractivity contribution in [3.8, 4) is 0 Å². The van der Waals surface area contributed by atoms with Crippen LogP contribution in [-0.4, -0.2) is 37.5 Å². The fraction of sp³-hybridized carbons (Fsp3) is 0.409. The Morgan fingerprint density at radius 3 is 2.23 bits per heavy atom. The average Bonchev–Trinajstić information content (AvgIpc) is 3.17. The van der Waals surface area contributed by atoms with Crippen molar-refractivity contribution < 1.29 is 4.79 Å². The molecule has 1 N–H and O–H groups in total. The molecule has 0 saturated carbocycles. The van der Waals surface area contributed by atoms with Crippen LogP contribution in [0.1, 0.15) is 30.9 Å². The summed E-state index contributed by atoms with van der Waals surface area (Å²) in [6.07, 6.45) is 3.59. The molecule has 0 aromatic heterocycles. The van der Waals surface area contributed by atoms with E-state index in [9.17, 15) is 4.79 Å². The first-order chi connectivity index (χ1) is 12.6. The predicted molar refractivity (Wildman–Crippen MR) is 109 cm³/mol. The summed E-state index contributed by atoms with van der Waals surface area (Å²) in [4.78, 5) is 16.7. The van der Waals surface area contributed by atoms with E-state index in [1.807, 2.05) is 24.1 Å². The topological polar surface area (TPSA) is 35.6 Å². The Balaban J connectivity index is 1.47. The molecule has 1 aliphatic heterocycles. The van der Waals surface area contributed by atoms with Gasteiger partial charge in [-0.25, -0.2) is 0 Å². The van der Waals surface area contributed by atoms with Crippen molar-refractivity contribution in [1.29, 1.82) is 0 Å². The number of hydrogen-bond donors (Lipinski definition) is 1. The van der Waals surface area contributed by atoms with Gasteiger partial charge in [0.05, 0.1) is 6.54 Å². The summed E-state index contributed by atoms with van der Waals surface area (Å²) >= 11 is 0. The fourth-order valence-corrected chi connectivity index (χ4v) is 3.42. The molecule has 0 spiro atoms. The number of nitrogens with one attached hydrogen (secondary N) is 1. The van der Waals surface area contributed by atoms with E-state index in [0.29, 0.717) is 6.54 Å². The number of amides is 1. The van der Waals surface area contributed by atoms with Crippen molar-refractivity contribution >= 4 is 17.3 Å². The monoisotopic (exact) mass is 351 g/mol. The van der Waals surface area contributed by atoms with Crippen molar-refractivity contribution in [1.82, 2.24) is 4.90 Å². The molecule has 4 heteroatoms. The lowest BCUT2D eigenvalue weighted by atomic mass is 10.1. The number of likely N-dealkylation sites (N-methyl/N-ethyl adjacent to an activating group) is 1. The number of aryl methyl sites for hydroxylation is 1. The molecule has 26 heavy (non-hydrogen) atoms. The minimum atomic E-state index is 0.0200. The van der Waals surface area contributed by atoms with Gasteiger partial charge in [0.15, 0.2) is 0 Å². The standard InChI is InChI=1S/C22H29N3O/c1-3-18-6-8-19(9-7-18)16-24(2)17-22(26)23-20-10-12-21(13-11-20)25-14-4-5-15-25/h6-13H,3-5,14-17H2,1-2H3,(H,23,26). The smallest absolute Gasteiger partial charge is 0.238 e. The molecule has 0 bridgehead atoms. The van der Waals surface area contributed by atoms with Crippen LogP contribution in [0.15, 0.2) is 48.5 Å². The number of benzene rings is 2. The Kier molecular flexibility index (Phi) is 6.29. The molecule has 0 aliphatic carbocycles. The van der Waals surface area contributed by atoms with Crippen molar-refractivity contribution in [2.24, 2.45) is 0 Å². The second-order valence-electron chi connectivity index (χ2n) is 7.13. The van der Waals surface area contributed by atoms with Gasteiger partial charge in [-0.15, -0.1) is 0 Å². The Bertz CT molecular complexity index is 703. The van der Waals surface area contributed by atoms with Gasteiger partial charge in [0.2, 0.25) is 5.91 Å². The molecule has 3 rings (SSSR count). The molecule has 4 nitrogen and oxygen atoms in total. The van der Waals surface area contributed by atoms with Crippen LogP contribution in [0.5, 0.6) is 0 Å². The Morgan fingerprint density at radius 1 is 1.00 bits per heavy atom. The van der Waals surface area contributed by atoms with Crippen molar-refractivity contribution in [2.75, 3.05) is 36.9 Å². The van der Waals surface area contributed by atoms with Gasteiger partial charge in [0.1, 0.15) is 0 Å². The quantitative estimate of drug-likeness (QED) is 0.821. The molecule has 0 atom stereocenters. The molecule has 0 unspecified atom stereocenters. The maximum atomic E-state index is 12.3. The maximum Gasteiger partial charge on any atom is 0.238 e. The number of carbonyl (C=O) groups excluding carboxylic acids is 1. The van der Waals surface area contributed by atoms with Crippen LogP contribution in [0.3, 0.4) is 0 Å². The molecule has 0 radical (unpaired) electrons. The molecule has 1 heterocycles.